The lowest BCUT2D eigenvalue weighted by Gasteiger charge is -1.98. The number of nitrogens with two attached hydrogens (primary N) is 1. The molecule has 1 rings (SSSR count). The second-order valence-electron chi connectivity index (χ2n) is 2.57. The molecule has 1 aromatic carbocycles. The molecule has 1 aromatic rings. The highest BCUT2D eigenvalue weighted by Gasteiger charge is 2.06. The molecule has 0 saturated carbocycles. The van der Waals surface area contributed by atoms with Gasteiger partial charge in [0.2, 0.25) is 0 Å². The van der Waals surface area contributed by atoms with E-state index in [9.17, 15) is 14.9 Å². The van der Waals surface area contributed by atoms with Gasteiger partial charge in [0.25, 0.3) is 5.69 Å². The van der Waals surface area contributed by atoms with Gasteiger partial charge in [-0.2, -0.15) is 0 Å². The Bertz CT molecular complexity index is 399. The van der Waals surface area contributed by atoms with Crippen molar-refractivity contribution < 1.29 is 9.72 Å². The number of nitrogens with zero attached hydrogens (tertiary/aromatic N) is 1. The Kier molecular flexibility index (Phi) is 2.96. The van der Waals surface area contributed by atoms with Gasteiger partial charge in [0.05, 0.1) is 4.92 Å². The highest BCUT2D eigenvalue weighted by Crippen LogP contribution is 2.20. The first-order chi connectivity index (χ1) is 6.65. The molecule has 0 saturated heterocycles. The fourth-order valence-corrected chi connectivity index (χ4v) is 0.970. The Morgan fingerprint density at radius 2 is 2.14 bits per heavy atom. The summed E-state index contributed by atoms with van der Waals surface area (Å²) in [5.74, 6) is 0. The summed E-state index contributed by atoms with van der Waals surface area (Å²) in [7, 11) is 0. The highest BCUT2D eigenvalue weighted by atomic mass is 16.6. The predicted octanol–water partition coefficient (Wildman–Crippen LogP) is 1.39. The molecule has 0 spiro atoms. The summed E-state index contributed by atoms with van der Waals surface area (Å²) >= 11 is 0. The number of hydrogen-bond donors (Lipinski definition) is 1. The van der Waals surface area contributed by atoms with Crippen LogP contribution in [-0.4, -0.2) is 11.2 Å². The lowest BCUT2D eigenvalue weighted by molar-refractivity contribution is -0.384. The van der Waals surface area contributed by atoms with Crippen molar-refractivity contribution in [1.82, 2.24) is 0 Å². The van der Waals surface area contributed by atoms with Crippen LogP contribution in [0.1, 0.15) is 5.56 Å². The summed E-state index contributed by atoms with van der Waals surface area (Å²) in [4.78, 5) is 19.9. The summed E-state index contributed by atoms with van der Waals surface area (Å²) in [6.45, 7) is 0. The molecule has 0 fully saturated rings. The number of nitrogen functional groups attached to an aromatic ring is 1. The van der Waals surface area contributed by atoms with Crippen molar-refractivity contribution >= 4 is 23.7 Å². The predicted molar refractivity (Wildman–Crippen MR) is 52.6 cm³/mol. The van der Waals surface area contributed by atoms with E-state index in [1.54, 1.807) is 0 Å². The number of rotatable bonds is 3. The van der Waals surface area contributed by atoms with Gasteiger partial charge < -0.3 is 5.73 Å². The lowest BCUT2D eigenvalue weighted by Crippen LogP contribution is -1.93. The molecule has 0 aliphatic rings. The van der Waals surface area contributed by atoms with Crippen molar-refractivity contribution in [3.8, 4) is 0 Å². The molecule has 0 bridgehead atoms. The van der Waals surface area contributed by atoms with E-state index in [-0.39, 0.29) is 11.4 Å². The first-order valence-corrected chi connectivity index (χ1v) is 3.81. The largest absolute Gasteiger partial charge is 0.398 e. The summed E-state index contributed by atoms with van der Waals surface area (Å²) in [5, 5.41) is 10.4. The van der Waals surface area contributed by atoms with Crippen LogP contribution in [0.15, 0.2) is 24.3 Å². The maximum atomic E-state index is 10.4. The molecule has 72 valence electrons. The average molecular weight is 192 g/mol. The van der Waals surface area contributed by atoms with Gasteiger partial charge in [-0.15, -0.1) is 0 Å². The number of hydrogen-bond acceptors (Lipinski definition) is 4. The third kappa shape index (κ3) is 2.16. The highest BCUT2D eigenvalue weighted by molar-refractivity contribution is 5.77. The van der Waals surface area contributed by atoms with E-state index in [0.717, 1.165) is 0 Å². The molecular weight excluding hydrogens is 184 g/mol. The molecule has 0 atom stereocenters. The number of nitro groups is 1. The number of carbonyl (C=O) groups excluding carboxylic acids is 1. The van der Waals surface area contributed by atoms with Crippen molar-refractivity contribution in [3.63, 3.8) is 0 Å². The van der Waals surface area contributed by atoms with E-state index >= 15 is 0 Å². The molecule has 14 heavy (non-hydrogen) atoms. The van der Waals surface area contributed by atoms with Crippen LogP contribution in [-0.2, 0) is 4.79 Å². The van der Waals surface area contributed by atoms with Crippen LogP contribution in [0.3, 0.4) is 0 Å². The number of anilines is 1. The minimum atomic E-state index is -0.524. The number of benzene rings is 1. The van der Waals surface area contributed by atoms with Crippen LogP contribution in [0.5, 0.6) is 0 Å². The van der Waals surface area contributed by atoms with E-state index in [1.165, 1.54) is 30.4 Å². The second-order valence-corrected chi connectivity index (χ2v) is 2.57. The van der Waals surface area contributed by atoms with E-state index < -0.39 is 4.92 Å². The molecule has 5 heteroatoms. The molecule has 0 aliphatic carbocycles. The molecule has 0 radical (unpaired) electrons. The summed E-state index contributed by atoms with van der Waals surface area (Å²) in [5.41, 5.74) is 6.33. The summed E-state index contributed by atoms with van der Waals surface area (Å²) < 4.78 is 0. The van der Waals surface area contributed by atoms with Crippen molar-refractivity contribution in [1.29, 1.82) is 0 Å². The normalized spacial score (nSPS) is 10.3. The zero-order valence-electron chi connectivity index (χ0n) is 7.21. The van der Waals surface area contributed by atoms with Crippen LogP contribution in [0.4, 0.5) is 11.4 Å². The maximum Gasteiger partial charge on any atom is 0.271 e. The first kappa shape index (κ1) is 9.91. The fraction of sp³-hybridized carbons (Fsp3) is 0. The van der Waals surface area contributed by atoms with Gasteiger partial charge >= 0.3 is 0 Å². The maximum absolute atomic E-state index is 10.4. The van der Waals surface area contributed by atoms with Crippen LogP contribution >= 0.6 is 0 Å². The zero-order chi connectivity index (χ0) is 10.6. The average Bonchev–Trinajstić information content (AvgIpc) is 2.15. The first-order valence-electron chi connectivity index (χ1n) is 3.81. The van der Waals surface area contributed by atoms with Gasteiger partial charge in [0.15, 0.2) is 0 Å². The SMILES string of the molecule is Nc1cc([N+](=O)[O-])ccc1C=CC=O. The van der Waals surface area contributed by atoms with E-state index in [0.29, 0.717) is 11.8 Å². The zero-order valence-corrected chi connectivity index (χ0v) is 7.21. The van der Waals surface area contributed by atoms with E-state index in [2.05, 4.69) is 0 Å². The van der Waals surface area contributed by atoms with E-state index in [4.69, 9.17) is 5.73 Å². The molecule has 5 nitrogen and oxygen atoms in total. The second kappa shape index (κ2) is 4.18. The van der Waals surface area contributed by atoms with Crippen molar-refractivity contribution in [2.45, 2.75) is 0 Å². The quantitative estimate of drug-likeness (QED) is 0.258. The number of nitro benzene ring substituents is 1. The van der Waals surface area contributed by atoms with Crippen molar-refractivity contribution in [3.05, 3.63) is 40.0 Å². The number of carbonyl (C=O) groups is 1. The van der Waals surface area contributed by atoms with Gasteiger partial charge in [-0.1, -0.05) is 0 Å². The van der Waals surface area contributed by atoms with Crippen LogP contribution < -0.4 is 5.73 Å². The van der Waals surface area contributed by atoms with Crippen LogP contribution in [0, 0.1) is 10.1 Å². The van der Waals surface area contributed by atoms with Gasteiger partial charge in [0.1, 0.15) is 6.29 Å². The Morgan fingerprint density at radius 3 is 2.64 bits per heavy atom. The van der Waals surface area contributed by atoms with Crippen molar-refractivity contribution in [2.24, 2.45) is 0 Å². The van der Waals surface area contributed by atoms with Gasteiger partial charge in [-0.05, 0) is 23.8 Å². The molecule has 0 unspecified atom stereocenters. The molecule has 0 amide bonds. The summed E-state index contributed by atoms with van der Waals surface area (Å²) in [6, 6.07) is 4.08. The van der Waals surface area contributed by atoms with Gasteiger partial charge in [0, 0.05) is 17.8 Å². The van der Waals surface area contributed by atoms with E-state index in [1.807, 2.05) is 0 Å². The van der Waals surface area contributed by atoms with Gasteiger partial charge in [-0.3, -0.25) is 14.9 Å². The Morgan fingerprint density at radius 1 is 1.43 bits per heavy atom. The standard InChI is InChI=1S/C9H8N2O3/c10-9-6-8(11(13)14)4-3-7(9)2-1-5-12/h1-6H,10H2. The Balaban J connectivity index is 3.07. The fourth-order valence-electron chi connectivity index (χ4n) is 0.970. The van der Waals surface area contributed by atoms with Crippen molar-refractivity contribution in [2.75, 3.05) is 5.73 Å². The Labute approximate surface area is 80.0 Å². The molecule has 0 aliphatic heterocycles. The van der Waals surface area contributed by atoms with Crippen LogP contribution in [0.25, 0.3) is 6.08 Å². The topological polar surface area (TPSA) is 86.2 Å². The molecule has 2 N–H and O–H groups in total. The van der Waals surface area contributed by atoms with Gasteiger partial charge in [-0.25, -0.2) is 0 Å². The molecule has 0 aromatic heterocycles. The Hall–Kier alpha value is -2.17. The third-order valence-corrected chi connectivity index (χ3v) is 1.64. The third-order valence-electron chi connectivity index (χ3n) is 1.64. The molecular formula is C9H8N2O3. The minimum Gasteiger partial charge on any atom is -0.398 e. The summed E-state index contributed by atoms with van der Waals surface area (Å²) in [6.07, 6.45) is 3.38. The smallest absolute Gasteiger partial charge is 0.271 e. The lowest BCUT2D eigenvalue weighted by atomic mass is 10.1. The number of non-ortho nitro benzene ring substituents is 1. The van der Waals surface area contributed by atoms with Crippen LogP contribution in [0.2, 0.25) is 0 Å². The number of allylic oxidation sites excluding steroid dienone is 1. The monoisotopic (exact) mass is 192 g/mol. The molecule has 0 heterocycles. The minimum absolute atomic E-state index is 0.0641. The number of aldehydes is 1.